The zero-order valence-corrected chi connectivity index (χ0v) is 7.04. The molecule has 12 heavy (non-hydrogen) atoms. The van der Waals surface area contributed by atoms with Gasteiger partial charge in [0.1, 0.15) is 6.61 Å². The summed E-state index contributed by atoms with van der Waals surface area (Å²) in [5.41, 5.74) is 2.70. The number of aliphatic hydroxyl groups is 1. The van der Waals surface area contributed by atoms with Gasteiger partial charge in [0.05, 0.1) is 0 Å². The smallest absolute Gasteiger partial charge is 0.109 e. The molecule has 1 nitrogen and oxygen atoms in total. The average Bonchev–Trinajstić information content (AvgIpc) is 2.16. The number of benzene rings is 1. The summed E-state index contributed by atoms with van der Waals surface area (Å²) >= 11 is 0. The topological polar surface area (TPSA) is 20.2 Å². The van der Waals surface area contributed by atoms with Gasteiger partial charge in [0.2, 0.25) is 0 Å². The monoisotopic (exact) mass is 159 g/mol. The molecular formula is C11H11O. The van der Waals surface area contributed by atoms with Crippen LogP contribution in [0.5, 0.6) is 0 Å². The van der Waals surface area contributed by atoms with Crippen LogP contribution in [0.2, 0.25) is 0 Å². The molecule has 0 aliphatic rings. The van der Waals surface area contributed by atoms with Crippen LogP contribution in [0.1, 0.15) is 23.6 Å². The Labute approximate surface area is 73.0 Å². The highest BCUT2D eigenvalue weighted by atomic mass is 16.3. The average molecular weight is 159 g/mol. The van der Waals surface area contributed by atoms with Gasteiger partial charge >= 0.3 is 0 Å². The lowest BCUT2D eigenvalue weighted by molar-refractivity contribution is 0.414. The van der Waals surface area contributed by atoms with Gasteiger partial charge in [-0.1, -0.05) is 25.0 Å². The predicted octanol–water partition coefficient (Wildman–Crippen LogP) is 2.11. The maximum atomic E-state index is 8.88. The minimum absolute atomic E-state index is 0.813. The van der Waals surface area contributed by atoms with Crippen molar-refractivity contribution in [2.24, 2.45) is 0 Å². The summed E-state index contributed by atoms with van der Waals surface area (Å²) in [6.07, 6.45) is 6.14. The molecule has 0 bridgehead atoms. The minimum Gasteiger partial charge on any atom is -0.385 e. The SMILES string of the molecule is C#Cc1cccc([CH]O)c1CC. The van der Waals surface area contributed by atoms with Crippen LogP contribution in [0.15, 0.2) is 18.2 Å². The lowest BCUT2D eigenvalue weighted by atomic mass is 10.00. The van der Waals surface area contributed by atoms with Crippen molar-refractivity contribution in [2.45, 2.75) is 13.3 Å². The molecule has 1 heteroatoms. The molecule has 0 saturated heterocycles. The van der Waals surface area contributed by atoms with E-state index >= 15 is 0 Å². The first kappa shape index (κ1) is 8.83. The van der Waals surface area contributed by atoms with Crippen LogP contribution in [0.25, 0.3) is 0 Å². The van der Waals surface area contributed by atoms with E-state index in [2.05, 4.69) is 5.92 Å². The van der Waals surface area contributed by atoms with Crippen molar-refractivity contribution in [1.29, 1.82) is 0 Å². The third-order valence-electron chi connectivity index (χ3n) is 1.86. The van der Waals surface area contributed by atoms with Gasteiger partial charge in [0.25, 0.3) is 0 Å². The Balaban J connectivity index is 3.24. The Bertz CT molecular complexity index is 307. The second kappa shape index (κ2) is 3.94. The molecule has 1 rings (SSSR count). The van der Waals surface area contributed by atoms with Crippen LogP contribution in [0.4, 0.5) is 0 Å². The first-order chi connectivity index (χ1) is 5.83. The second-order valence-electron chi connectivity index (χ2n) is 2.50. The molecule has 0 heterocycles. The van der Waals surface area contributed by atoms with E-state index in [1.165, 1.54) is 0 Å². The molecule has 0 aliphatic heterocycles. The molecule has 0 spiro atoms. The molecule has 0 amide bonds. The molecule has 1 aromatic rings. The summed E-state index contributed by atoms with van der Waals surface area (Å²) < 4.78 is 0. The van der Waals surface area contributed by atoms with Crippen molar-refractivity contribution in [3.63, 3.8) is 0 Å². The normalized spacial score (nSPS) is 9.42. The van der Waals surface area contributed by atoms with Crippen LogP contribution in [-0.4, -0.2) is 5.11 Å². The van der Waals surface area contributed by atoms with Gasteiger partial charge in [-0.25, -0.2) is 0 Å². The van der Waals surface area contributed by atoms with Crippen molar-refractivity contribution < 1.29 is 5.11 Å². The third kappa shape index (κ3) is 1.49. The molecule has 0 saturated carbocycles. The van der Waals surface area contributed by atoms with Crippen molar-refractivity contribution in [1.82, 2.24) is 0 Å². The Hall–Kier alpha value is -1.26. The van der Waals surface area contributed by atoms with E-state index in [4.69, 9.17) is 11.5 Å². The molecule has 1 aromatic carbocycles. The molecule has 0 aromatic heterocycles. The van der Waals surface area contributed by atoms with E-state index in [-0.39, 0.29) is 0 Å². The van der Waals surface area contributed by atoms with Crippen LogP contribution in [-0.2, 0) is 6.42 Å². The van der Waals surface area contributed by atoms with Gasteiger partial charge < -0.3 is 5.11 Å². The summed E-state index contributed by atoms with van der Waals surface area (Å²) in [5, 5.41) is 8.88. The fraction of sp³-hybridized carbons (Fsp3) is 0.182. The Morgan fingerprint density at radius 3 is 2.83 bits per heavy atom. The molecule has 61 valence electrons. The van der Waals surface area contributed by atoms with Crippen LogP contribution in [0, 0.1) is 19.0 Å². The van der Waals surface area contributed by atoms with E-state index in [1.807, 2.05) is 25.1 Å². The number of aliphatic hydroxyl groups excluding tert-OH is 1. The standard InChI is InChI=1S/C11H11O/c1-3-9-6-5-7-10(8-12)11(9)4-2/h1,5-8,12H,4H2,2H3. The van der Waals surface area contributed by atoms with E-state index < -0.39 is 0 Å². The molecule has 0 atom stereocenters. The molecule has 1 radical (unpaired) electrons. The molecular weight excluding hydrogens is 148 g/mol. The highest BCUT2D eigenvalue weighted by Gasteiger charge is 2.02. The lowest BCUT2D eigenvalue weighted by Gasteiger charge is -2.06. The summed E-state index contributed by atoms with van der Waals surface area (Å²) in [6.45, 7) is 3.11. The van der Waals surface area contributed by atoms with Crippen molar-refractivity contribution in [3.05, 3.63) is 41.5 Å². The Kier molecular flexibility index (Phi) is 2.90. The van der Waals surface area contributed by atoms with E-state index in [0.717, 1.165) is 29.7 Å². The highest BCUT2D eigenvalue weighted by Crippen LogP contribution is 2.15. The summed E-state index contributed by atoms with van der Waals surface area (Å²) in [7, 11) is 0. The summed E-state index contributed by atoms with van der Waals surface area (Å²) in [6, 6.07) is 5.57. The first-order valence-corrected chi connectivity index (χ1v) is 3.89. The Morgan fingerprint density at radius 2 is 2.33 bits per heavy atom. The summed E-state index contributed by atoms with van der Waals surface area (Å²) in [4.78, 5) is 0. The minimum atomic E-state index is 0.813. The fourth-order valence-corrected chi connectivity index (χ4v) is 1.26. The lowest BCUT2D eigenvalue weighted by Crippen LogP contribution is -1.94. The molecule has 1 N–H and O–H groups in total. The molecule has 0 unspecified atom stereocenters. The first-order valence-electron chi connectivity index (χ1n) is 3.89. The van der Waals surface area contributed by atoms with Gasteiger partial charge in [0, 0.05) is 5.56 Å². The quantitative estimate of drug-likeness (QED) is 0.655. The molecule has 0 fully saturated rings. The Morgan fingerprint density at radius 1 is 1.58 bits per heavy atom. The second-order valence-corrected chi connectivity index (χ2v) is 2.50. The van der Waals surface area contributed by atoms with Gasteiger partial charge in [-0.15, -0.1) is 6.42 Å². The zero-order chi connectivity index (χ0) is 8.97. The van der Waals surface area contributed by atoms with E-state index in [9.17, 15) is 0 Å². The van der Waals surface area contributed by atoms with Crippen molar-refractivity contribution in [3.8, 4) is 12.3 Å². The van der Waals surface area contributed by atoms with Crippen molar-refractivity contribution >= 4 is 0 Å². The number of hydrogen-bond donors (Lipinski definition) is 1. The van der Waals surface area contributed by atoms with Gasteiger partial charge in [-0.3, -0.25) is 0 Å². The predicted molar refractivity (Wildman–Crippen MR) is 49.1 cm³/mol. The number of hydrogen-bond acceptors (Lipinski definition) is 1. The molecule has 0 aliphatic carbocycles. The summed E-state index contributed by atoms with van der Waals surface area (Å²) in [5.74, 6) is 2.59. The van der Waals surface area contributed by atoms with E-state index in [1.54, 1.807) is 0 Å². The van der Waals surface area contributed by atoms with Crippen molar-refractivity contribution in [2.75, 3.05) is 0 Å². The van der Waals surface area contributed by atoms with Crippen LogP contribution < -0.4 is 0 Å². The number of rotatable bonds is 2. The van der Waals surface area contributed by atoms with Gasteiger partial charge in [0.15, 0.2) is 0 Å². The fourth-order valence-electron chi connectivity index (χ4n) is 1.26. The van der Waals surface area contributed by atoms with Gasteiger partial charge in [-0.05, 0) is 23.6 Å². The maximum absolute atomic E-state index is 8.88. The van der Waals surface area contributed by atoms with Crippen LogP contribution >= 0.6 is 0 Å². The highest BCUT2D eigenvalue weighted by molar-refractivity contribution is 5.46. The number of terminal acetylenes is 1. The van der Waals surface area contributed by atoms with E-state index in [0.29, 0.717) is 0 Å². The largest absolute Gasteiger partial charge is 0.385 e. The zero-order valence-electron chi connectivity index (χ0n) is 7.04. The maximum Gasteiger partial charge on any atom is 0.109 e. The van der Waals surface area contributed by atoms with Crippen LogP contribution in [0.3, 0.4) is 0 Å². The van der Waals surface area contributed by atoms with Gasteiger partial charge in [-0.2, -0.15) is 0 Å². The third-order valence-corrected chi connectivity index (χ3v) is 1.86.